The summed E-state index contributed by atoms with van der Waals surface area (Å²) in [6, 6.07) is 17.0. The van der Waals surface area contributed by atoms with E-state index in [9.17, 15) is 0 Å². The molecular formula is C18H15ClN4S. The van der Waals surface area contributed by atoms with Crippen LogP contribution >= 0.6 is 24.2 Å². The lowest BCUT2D eigenvalue weighted by atomic mass is 10.1. The lowest BCUT2D eigenvalue weighted by Gasteiger charge is -2.13. The third-order valence-corrected chi connectivity index (χ3v) is 4.58. The van der Waals surface area contributed by atoms with Crippen LogP contribution in [0.2, 0.25) is 5.02 Å². The maximum Gasteiger partial charge on any atom is 0.163 e. The Labute approximate surface area is 151 Å². The van der Waals surface area contributed by atoms with E-state index in [0.717, 1.165) is 29.3 Å². The number of aromatic nitrogens is 3. The predicted molar refractivity (Wildman–Crippen MR) is 98.1 cm³/mol. The largest absolute Gasteiger partial charge is 0.310 e. The molecule has 1 unspecified atom stereocenters. The fourth-order valence-corrected chi connectivity index (χ4v) is 3.02. The quantitative estimate of drug-likeness (QED) is 0.701. The van der Waals surface area contributed by atoms with E-state index < -0.39 is 0 Å². The smallest absolute Gasteiger partial charge is 0.163 e. The van der Waals surface area contributed by atoms with Crippen LogP contribution in [0.1, 0.15) is 29.1 Å². The first-order chi connectivity index (χ1) is 11.6. The summed E-state index contributed by atoms with van der Waals surface area (Å²) in [5, 5.41) is 18.1. The van der Waals surface area contributed by atoms with Crippen molar-refractivity contribution < 1.29 is 0 Å². The molecule has 1 atom stereocenters. The molecule has 0 aliphatic carbocycles. The first-order valence-corrected chi connectivity index (χ1v) is 8.40. The van der Waals surface area contributed by atoms with E-state index in [4.69, 9.17) is 29.5 Å². The zero-order valence-electron chi connectivity index (χ0n) is 13.0. The number of rotatable bonds is 4. The van der Waals surface area contributed by atoms with Crippen molar-refractivity contribution in [1.29, 1.82) is 5.26 Å². The Bertz CT molecular complexity index is 879. The summed E-state index contributed by atoms with van der Waals surface area (Å²) < 4.78 is 2.04. The molecule has 0 spiro atoms. The average Bonchev–Trinajstić information content (AvgIpc) is 3.05. The molecule has 6 heteroatoms. The lowest BCUT2D eigenvalue weighted by Crippen LogP contribution is -2.07. The minimum absolute atomic E-state index is 0.216. The Hall–Kier alpha value is -2.29. The molecular weight excluding hydrogens is 340 g/mol. The van der Waals surface area contributed by atoms with Crippen molar-refractivity contribution >= 4 is 24.2 Å². The minimum Gasteiger partial charge on any atom is -0.310 e. The van der Waals surface area contributed by atoms with Crippen LogP contribution in [0.5, 0.6) is 0 Å². The number of nitrogens with zero attached hydrogens (tertiary/aromatic N) is 4. The van der Waals surface area contributed by atoms with Gasteiger partial charge in [-0.1, -0.05) is 23.7 Å². The fourth-order valence-electron chi connectivity index (χ4n) is 2.53. The molecule has 4 nitrogen and oxygen atoms in total. The van der Waals surface area contributed by atoms with Crippen molar-refractivity contribution in [3.8, 4) is 17.5 Å². The summed E-state index contributed by atoms with van der Waals surface area (Å²) >= 11 is 10.7. The Balaban J connectivity index is 1.99. The molecule has 0 bridgehead atoms. The zero-order chi connectivity index (χ0) is 17.1. The van der Waals surface area contributed by atoms with Crippen LogP contribution in [0.25, 0.3) is 11.4 Å². The van der Waals surface area contributed by atoms with Gasteiger partial charge in [-0.2, -0.15) is 17.9 Å². The van der Waals surface area contributed by atoms with Crippen molar-refractivity contribution in [3.05, 3.63) is 70.5 Å². The van der Waals surface area contributed by atoms with Crippen LogP contribution in [0.15, 0.2) is 48.5 Å². The van der Waals surface area contributed by atoms with Crippen LogP contribution < -0.4 is 0 Å². The Morgan fingerprint density at radius 2 is 1.79 bits per heavy atom. The maximum absolute atomic E-state index is 8.91. The molecule has 0 amide bonds. The third-order valence-electron chi connectivity index (χ3n) is 3.80. The van der Waals surface area contributed by atoms with Gasteiger partial charge in [-0.3, -0.25) is 0 Å². The Morgan fingerprint density at radius 1 is 1.12 bits per heavy atom. The minimum atomic E-state index is -0.216. The highest BCUT2D eigenvalue weighted by Gasteiger charge is 2.20. The van der Waals surface area contributed by atoms with Crippen LogP contribution in [-0.4, -0.2) is 14.8 Å². The maximum atomic E-state index is 8.91. The van der Waals surface area contributed by atoms with E-state index in [1.165, 1.54) is 0 Å². The number of hydrogen-bond acceptors (Lipinski definition) is 4. The SMILES string of the molecule is CCn1c(-c2ccc(Cl)cc2)nnc1C(S)c1ccc(C#N)cc1. The highest BCUT2D eigenvalue weighted by molar-refractivity contribution is 7.80. The molecule has 0 fully saturated rings. The molecule has 3 rings (SSSR count). The number of nitriles is 1. The van der Waals surface area contributed by atoms with E-state index in [0.29, 0.717) is 10.6 Å². The van der Waals surface area contributed by atoms with Gasteiger partial charge in [0.25, 0.3) is 0 Å². The van der Waals surface area contributed by atoms with Gasteiger partial charge >= 0.3 is 0 Å². The fraction of sp³-hybridized carbons (Fsp3) is 0.167. The molecule has 0 aliphatic rings. The molecule has 0 saturated heterocycles. The summed E-state index contributed by atoms with van der Waals surface area (Å²) in [7, 11) is 0. The van der Waals surface area contributed by atoms with Crippen LogP contribution in [-0.2, 0) is 6.54 Å². The Morgan fingerprint density at radius 3 is 2.38 bits per heavy atom. The number of thiol groups is 1. The van der Waals surface area contributed by atoms with Gasteiger partial charge < -0.3 is 4.57 Å². The van der Waals surface area contributed by atoms with E-state index in [2.05, 4.69) is 16.3 Å². The second-order valence-electron chi connectivity index (χ2n) is 5.27. The molecule has 0 radical (unpaired) electrons. The molecule has 1 aromatic heterocycles. The monoisotopic (exact) mass is 354 g/mol. The molecule has 0 aliphatic heterocycles. The summed E-state index contributed by atoms with van der Waals surface area (Å²) in [6.07, 6.45) is 0. The number of hydrogen-bond donors (Lipinski definition) is 1. The summed E-state index contributed by atoms with van der Waals surface area (Å²) in [6.45, 7) is 2.78. The second kappa shape index (κ2) is 7.08. The van der Waals surface area contributed by atoms with Gasteiger partial charge in [0.05, 0.1) is 16.9 Å². The molecule has 0 N–H and O–H groups in total. The summed E-state index contributed by atoms with van der Waals surface area (Å²) in [5.41, 5.74) is 2.56. The van der Waals surface area contributed by atoms with Gasteiger partial charge in [0, 0.05) is 17.1 Å². The van der Waals surface area contributed by atoms with Crippen molar-refractivity contribution in [2.24, 2.45) is 0 Å². The first kappa shape index (κ1) is 16.6. The van der Waals surface area contributed by atoms with Gasteiger partial charge in [-0.05, 0) is 48.9 Å². The molecule has 24 heavy (non-hydrogen) atoms. The predicted octanol–water partition coefficient (Wildman–Crippen LogP) is 4.51. The highest BCUT2D eigenvalue weighted by atomic mass is 35.5. The second-order valence-corrected chi connectivity index (χ2v) is 6.22. The first-order valence-electron chi connectivity index (χ1n) is 7.51. The summed E-state index contributed by atoms with van der Waals surface area (Å²) in [4.78, 5) is 0. The topological polar surface area (TPSA) is 54.5 Å². The van der Waals surface area contributed by atoms with Crippen LogP contribution in [0, 0.1) is 11.3 Å². The molecule has 1 heterocycles. The normalized spacial score (nSPS) is 11.9. The lowest BCUT2D eigenvalue weighted by molar-refractivity contribution is 0.715. The van der Waals surface area contributed by atoms with E-state index in [-0.39, 0.29) is 5.25 Å². The van der Waals surface area contributed by atoms with Crippen molar-refractivity contribution in [3.63, 3.8) is 0 Å². The van der Waals surface area contributed by atoms with Gasteiger partial charge in [-0.15, -0.1) is 10.2 Å². The van der Waals surface area contributed by atoms with Crippen molar-refractivity contribution in [2.75, 3.05) is 0 Å². The van der Waals surface area contributed by atoms with Gasteiger partial charge in [0.2, 0.25) is 0 Å². The highest BCUT2D eigenvalue weighted by Crippen LogP contribution is 2.30. The van der Waals surface area contributed by atoms with Crippen molar-refractivity contribution in [1.82, 2.24) is 14.8 Å². The van der Waals surface area contributed by atoms with Gasteiger partial charge in [0.15, 0.2) is 11.6 Å². The van der Waals surface area contributed by atoms with E-state index in [1.807, 2.05) is 47.9 Å². The number of benzene rings is 2. The van der Waals surface area contributed by atoms with Gasteiger partial charge in [-0.25, -0.2) is 0 Å². The summed E-state index contributed by atoms with van der Waals surface area (Å²) in [5.74, 6) is 1.56. The molecule has 3 aromatic rings. The standard InChI is InChI=1S/C18H15ClN4S/c1-2-23-17(14-7-9-15(19)10-8-14)21-22-18(23)16(24)13-5-3-12(11-20)4-6-13/h3-10,16,24H,2H2,1H3. The molecule has 2 aromatic carbocycles. The average molecular weight is 355 g/mol. The number of halogens is 1. The van der Waals surface area contributed by atoms with Crippen LogP contribution in [0.4, 0.5) is 0 Å². The third kappa shape index (κ3) is 3.16. The van der Waals surface area contributed by atoms with E-state index >= 15 is 0 Å². The van der Waals surface area contributed by atoms with E-state index in [1.54, 1.807) is 12.1 Å². The van der Waals surface area contributed by atoms with Crippen LogP contribution in [0.3, 0.4) is 0 Å². The molecule has 0 saturated carbocycles. The Kier molecular flexibility index (Phi) is 4.89. The van der Waals surface area contributed by atoms with Gasteiger partial charge in [0.1, 0.15) is 0 Å². The molecule has 120 valence electrons. The van der Waals surface area contributed by atoms with Crippen molar-refractivity contribution in [2.45, 2.75) is 18.7 Å². The zero-order valence-corrected chi connectivity index (χ0v) is 14.7.